The largest absolute Gasteiger partial charge is 0.511 e. The van der Waals surface area contributed by atoms with Crippen LogP contribution in [0.3, 0.4) is 0 Å². The summed E-state index contributed by atoms with van der Waals surface area (Å²) in [5.74, 6) is -0.206. The number of hydrogen-bond acceptors (Lipinski definition) is 8. The lowest BCUT2D eigenvalue weighted by Crippen LogP contribution is -2.36. The fourth-order valence-corrected chi connectivity index (χ4v) is 4.67. The first-order chi connectivity index (χ1) is 15.2. The molecule has 0 aromatic heterocycles. The van der Waals surface area contributed by atoms with Gasteiger partial charge in [0.1, 0.15) is 18.1 Å². The van der Waals surface area contributed by atoms with Crippen LogP contribution in [-0.4, -0.2) is 44.5 Å². The van der Waals surface area contributed by atoms with Gasteiger partial charge in [0, 0.05) is 7.11 Å². The molecule has 10 heteroatoms. The standard InChI is InChI=1S/C22H36NO8P/c1-7-10-18-12-9-13-19(11-8-2)20(18)31-32(26,15-27-6)23-17(5)21(24)28-14-29-22(25)30-16(3)4/h9,12-13,16-17H,7-8,10-11,14-15H2,1-6H3,(H,23,26)/t17-,32?/m0/s1. The Labute approximate surface area is 190 Å². The van der Waals surface area contributed by atoms with Gasteiger partial charge < -0.3 is 23.5 Å². The molecule has 0 aliphatic rings. The van der Waals surface area contributed by atoms with E-state index in [0.717, 1.165) is 36.8 Å². The number of esters is 1. The molecule has 1 rings (SSSR count). The van der Waals surface area contributed by atoms with Crippen LogP contribution in [0.25, 0.3) is 0 Å². The second-order valence-corrected chi connectivity index (χ2v) is 9.63. The normalized spacial score (nSPS) is 13.8. The van der Waals surface area contributed by atoms with E-state index in [9.17, 15) is 14.2 Å². The van der Waals surface area contributed by atoms with Crippen molar-refractivity contribution < 1.29 is 37.6 Å². The molecule has 1 unspecified atom stereocenters. The van der Waals surface area contributed by atoms with Gasteiger partial charge in [0.2, 0.25) is 6.79 Å². The van der Waals surface area contributed by atoms with Gasteiger partial charge in [0.15, 0.2) is 0 Å². The second-order valence-electron chi connectivity index (χ2n) is 7.58. The van der Waals surface area contributed by atoms with Gasteiger partial charge in [0.25, 0.3) is 0 Å². The quantitative estimate of drug-likeness (QED) is 0.231. The number of rotatable bonds is 14. The highest BCUT2D eigenvalue weighted by atomic mass is 31.2. The van der Waals surface area contributed by atoms with Gasteiger partial charge in [-0.15, -0.1) is 0 Å². The van der Waals surface area contributed by atoms with Crippen molar-refractivity contribution in [2.24, 2.45) is 0 Å². The van der Waals surface area contributed by atoms with Crippen LogP contribution in [0.1, 0.15) is 58.6 Å². The maximum absolute atomic E-state index is 13.5. The van der Waals surface area contributed by atoms with E-state index in [2.05, 4.69) is 23.7 Å². The lowest BCUT2D eigenvalue weighted by atomic mass is 10.0. The Morgan fingerprint density at radius 3 is 2.12 bits per heavy atom. The SMILES string of the molecule is CCCc1cccc(CCC)c1OP(=O)(COC)N[C@@H](C)C(=O)OCOC(=O)OC(C)C. The van der Waals surface area contributed by atoms with Crippen LogP contribution in [0.2, 0.25) is 0 Å². The zero-order valence-corrected chi connectivity index (χ0v) is 20.7. The number of hydrogen-bond donors (Lipinski definition) is 1. The van der Waals surface area contributed by atoms with Gasteiger partial charge in [-0.25, -0.2) is 9.88 Å². The van der Waals surface area contributed by atoms with Gasteiger partial charge in [-0.2, -0.15) is 0 Å². The van der Waals surface area contributed by atoms with E-state index in [-0.39, 0.29) is 12.5 Å². The fourth-order valence-electron chi connectivity index (χ4n) is 2.93. The predicted octanol–water partition coefficient (Wildman–Crippen LogP) is 4.81. The van der Waals surface area contributed by atoms with Crippen LogP contribution >= 0.6 is 7.52 Å². The molecular formula is C22H36NO8P. The topological polar surface area (TPSA) is 109 Å². The van der Waals surface area contributed by atoms with E-state index < -0.39 is 32.5 Å². The minimum atomic E-state index is -3.63. The highest BCUT2D eigenvalue weighted by Crippen LogP contribution is 2.46. The molecule has 1 N–H and O–H groups in total. The van der Waals surface area contributed by atoms with Gasteiger partial charge in [0.05, 0.1) is 6.10 Å². The van der Waals surface area contributed by atoms with E-state index in [1.165, 1.54) is 14.0 Å². The number of benzene rings is 1. The molecule has 0 aliphatic carbocycles. The lowest BCUT2D eigenvalue weighted by molar-refractivity contribution is -0.155. The molecule has 0 saturated heterocycles. The molecule has 0 radical (unpaired) electrons. The second kappa shape index (κ2) is 14.1. The number of carbonyl (C=O) groups is 2. The smallest absolute Gasteiger partial charge is 0.431 e. The average Bonchev–Trinajstić information content (AvgIpc) is 2.70. The summed E-state index contributed by atoms with van der Waals surface area (Å²) in [7, 11) is -2.23. The zero-order chi connectivity index (χ0) is 24.1. The van der Waals surface area contributed by atoms with Crippen molar-refractivity contribution in [2.75, 3.05) is 20.3 Å². The summed E-state index contributed by atoms with van der Waals surface area (Å²) in [4.78, 5) is 23.6. The number of methoxy groups -OCH3 is 1. The number of aryl methyl sites for hydroxylation is 2. The van der Waals surface area contributed by atoms with Crippen molar-refractivity contribution in [1.29, 1.82) is 0 Å². The Morgan fingerprint density at radius 1 is 1.03 bits per heavy atom. The third kappa shape index (κ3) is 9.59. The molecule has 182 valence electrons. The van der Waals surface area contributed by atoms with Crippen molar-refractivity contribution in [3.05, 3.63) is 29.3 Å². The molecule has 1 aromatic rings. The number of ether oxygens (including phenoxy) is 4. The van der Waals surface area contributed by atoms with E-state index in [1.807, 2.05) is 18.2 Å². The van der Waals surface area contributed by atoms with Crippen molar-refractivity contribution in [3.8, 4) is 5.75 Å². The highest BCUT2D eigenvalue weighted by molar-refractivity contribution is 7.57. The summed E-state index contributed by atoms with van der Waals surface area (Å²) >= 11 is 0. The summed E-state index contributed by atoms with van der Waals surface area (Å²) in [6, 6.07) is 4.84. The van der Waals surface area contributed by atoms with Crippen molar-refractivity contribution in [1.82, 2.24) is 5.09 Å². The monoisotopic (exact) mass is 473 g/mol. The molecule has 0 heterocycles. The average molecular weight is 474 g/mol. The summed E-state index contributed by atoms with van der Waals surface area (Å²) in [5.41, 5.74) is 1.90. The zero-order valence-electron chi connectivity index (χ0n) is 19.8. The first-order valence-corrected chi connectivity index (χ1v) is 12.6. The molecule has 9 nitrogen and oxygen atoms in total. The Balaban J connectivity index is 2.90. The summed E-state index contributed by atoms with van der Waals surface area (Å²) in [6.07, 6.45) is 1.78. The van der Waals surface area contributed by atoms with Crippen molar-refractivity contribution in [3.63, 3.8) is 0 Å². The maximum Gasteiger partial charge on any atom is 0.511 e. The summed E-state index contributed by atoms with van der Waals surface area (Å²) < 4.78 is 39.1. The molecule has 0 spiro atoms. The first kappa shape index (κ1) is 27.9. The number of nitrogens with one attached hydrogen (secondary N) is 1. The van der Waals surface area contributed by atoms with Crippen LogP contribution in [0.5, 0.6) is 5.75 Å². The van der Waals surface area contributed by atoms with Gasteiger partial charge in [-0.1, -0.05) is 44.9 Å². The highest BCUT2D eigenvalue weighted by Gasteiger charge is 2.32. The summed E-state index contributed by atoms with van der Waals surface area (Å²) in [6.45, 7) is 8.30. The van der Waals surface area contributed by atoms with Gasteiger partial charge in [-0.3, -0.25) is 9.36 Å². The molecule has 0 amide bonds. The molecule has 0 bridgehead atoms. The van der Waals surface area contributed by atoms with E-state index >= 15 is 0 Å². The van der Waals surface area contributed by atoms with E-state index in [0.29, 0.717) is 5.75 Å². The van der Waals surface area contributed by atoms with Crippen LogP contribution in [0.15, 0.2) is 18.2 Å². The molecule has 32 heavy (non-hydrogen) atoms. The summed E-state index contributed by atoms with van der Waals surface area (Å²) in [5, 5.41) is 2.71. The fraction of sp³-hybridized carbons (Fsp3) is 0.636. The maximum atomic E-state index is 13.5. The Bertz CT molecular complexity index is 759. The third-order valence-electron chi connectivity index (χ3n) is 4.21. The number of para-hydroxylation sites is 1. The van der Waals surface area contributed by atoms with Gasteiger partial charge in [-0.05, 0) is 44.7 Å². The van der Waals surface area contributed by atoms with E-state index in [1.54, 1.807) is 13.8 Å². The predicted molar refractivity (Wildman–Crippen MR) is 121 cm³/mol. The molecule has 0 aliphatic heterocycles. The van der Waals surface area contributed by atoms with Crippen LogP contribution in [0, 0.1) is 0 Å². The minimum absolute atomic E-state index is 0.242. The van der Waals surface area contributed by atoms with Crippen molar-refractivity contribution in [2.45, 2.75) is 72.4 Å². The van der Waals surface area contributed by atoms with Crippen LogP contribution in [-0.2, 0) is 41.1 Å². The van der Waals surface area contributed by atoms with Gasteiger partial charge >= 0.3 is 19.6 Å². The Kier molecular flexibility index (Phi) is 12.3. The minimum Gasteiger partial charge on any atom is -0.431 e. The molecule has 0 saturated carbocycles. The molecular weight excluding hydrogens is 437 g/mol. The third-order valence-corrected chi connectivity index (χ3v) is 6.06. The first-order valence-electron chi connectivity index (χ1n) is 10.8. The van der Waals surface area contributed by atoms with Crippen molar-refractivity contribution >= 4 is 19.6 Å². The number of carbonyl (C=O) groups excluding carboxylic acids is 2. The molecule has 1 aromatic carbocycles. The molecule has 2 atom stereocenters. The Hall–Kier alpha value is -2.09. The van der Waals surface area contributed by atoms with E-state index in [4.69, 9.17) is 18.7 Å². The lowest BCUT2D eigenvalue weighted by Gasteiger charge is -2.25. The molecule has 0 fully saturated rings. The van der Waals surface area contributed by atoms with Crippen LogP contribution in [0.4, 0.5) is 4.79 Å². The Morgan fingerprint density at radius 2 is 1.62 bits per heavy atom. The van der Waals surface area contributed by atoms with Crippen LogP contribution < -0.4 is 9.61 Å².